The Morgan fingerprint density at radius 3 is 2.57 bits per heavy atom. The van der Waals surface area contributed by atoms with Gasteiger partial charge in [0.25, 0.3) is 0 Å². The normalized spacial score (nSPS) is 13.7. The lowest BCUT2D eigenvalue weighted by Gasteiger charge is -2.16. The first-order valence-corrected chi connectivity index (χ1v) is 9.76. The van der Waals surface area contributed by atoms with E-state index in [1.54, 1.807) is 0 Å². The summed E-state index contributed by atoms with van der Waals surface area (Å²) in [6.07, 6.45) is 2.26. The number of hydrogen-bond acceptors (Lipinski definition) is 4. The molecule has 1 aromatic carbocycles. The second kappa shape index (κ2) is 9.10. The molecule has 0 unspecified atom stereocenters. The molecule has 7 nitrogen and oxygen atoms in total. The highest BCUT2D eigenvalue weighted by atomic mass is 35.5. The van der Waals surface area contributed by atoms with Crippen molar-refractivity contribution in [2.24, 2.45) is 0 Å². The molecule has 3 rings (SSSR count). The van der Waals surface area contributed by atoms with Gasteiger partial charge in [-0.1, -0.05) is 23.7 Å². The fraction of sp³-hybridized carbons (Fsp3) is 0.450. The van der Waals surface area contributed by atoms with Crippen molar-refractivity contribution in [3.8, 4) is 11.3 Å². The van der Waals surface area contributed by atoms with Crippen molar-refractivity contribution in [3.05, 3.63) is 40.5 Å². The maximum Gasteiger partial charge on any atom is 0.407 e. The maximum atomic E-state index is 11.4. The number of amides is 1. The van der Waals surface area contributed by atoms with Gasteiger partial charge in [0.05, 0.1) is 12.8 Å². The molecule has 1 aliphatic heterocycles. The fourth-order valence-electron chi connectivity index (χ4n) is 3.52. The van der Waals surface area contributed by atoms with Gasteiger partial charge in [0.2, 0.25) is 0 Å². The molecule has 1 aliphatic rings. The van der Waals surface area contributed by atoms with Crippen LogP contribution in [0.5, 0.6) is 0 Å². The molecular weight excluding hydrogens is 382 g/mol. The Balaban J connectivity index is 1.84. The number of methoxy groups -OCH3 is 1. The summed E-state index contributed by atoms with van der Waals surface area (Å²) in [6.45, 7) is 1.59. The average Bonchev–Trinajstić information content (AvgIpc) is 2.87. The molecular formula is C20H24ClN3O4. The van der Waals surface area contributed by atoms with Crippen LogP contribution < -0.4 is 0 Å². The van der Waals surface area contributed by atoms with Crippen LogP contribution in [0.15, 0.2) is 24.3 Å². The number of nitrogens with zero attached hydrogens (tertiary/aromatic N) is 3. The number of halogens is 1. The maximum absolute atomic E-state index is 11.4. The van der Waals surface area contributed by atoms with Crippen molar-refractivity contribution in [2.75, 3.05) is 20.2 Å². The van der Waals surface area contributed by atoms with Crippen LogP contribution >= 0.6 is 11.6 Å². The predicted molar refractivity (Wildman–Crippen MR) is 106 cm³/mol. The lowest BCUT2D eigenvalue weighted by atomic mass is 10.0. The summed E-state index contributed by atoms with van der Waals surface area (Å²) in [6, 6.07) is 7.54. The number of benzene rings is 1. The first kappa shape index (κ1) is 20.2. The van der Waals surface area contributed by atoms with Crippen LogP contribution in [-0.4, -0.2) is 52.0 Å². The number of carboxylic acid groups (broad SMARTS) is 1. The minimum atomic E-state index is -0.893. The number of rotatable bonds is 6. The van der Waals surface area contributed by atoms with E-state index in [4.69, 9.17) is 16.7 Å². The Kier molecular flexibility index (Phi) is 6.57. The minimum Gasteiger partial charge on any atom is -0.469 e. The third kappa shape index (κ3) is 4.65. The average molecular weight is 406 g/mol. The quantitative estimate of drug-likeness (QED) is 0.586. The summed E-state index contributed by atoms with van der Waals surface area (Å²) in [5.74, 6) is -0.210. The predicted octanol–water partition coefficient (Wildman–Crippen LogP) is 3.63. The zero-order valence-electron chi connectivity index (χ0n) is 15.9. The van der Waals surface area contributed by atoms with E-state index in [1.807, 2.05) is 28.9 Å². The molecule has 0 spiro atoms. The highest BCUT2D eigenvalue weighted by Gasteiger charge is 2.25. The molecule has 0 fully saturated rings. The number of esters is 1. The Morgan fingerprint density at radius 2 is 1.89 bits per heavy atom. The number of fused-ring (bicyclic) bond motifs is 1. The Hall–Kier alpha value is -2.54. The van der Waals surface area contributed by atoms with E-state index in [2.05, 4.69) is 4.74 Å². The molecule has 1 aromatic heterocycles. The van der Waals surface area contributed by atoms with Crippen LogP contribution in [0, 0.1) is 0 Å². The summed E-state index contributed by atoms with van der Waals surface area (Å²) in [5, 5.41) is 14.9. The van der Waals surface area contributed by atoms with Gasteiger partial charge < -0.3 is 14.7 Å². The summed E-state index contributed by atoms with van der Waals surface area (Å²) < 4.78 is 6.66. The molecule has 28 heavy (non-hydrogen) atoms. The van der Waals surface area contributed by atoms with Crippen molar-refractivity contribution >= 4 is 23.7 Å². The summed E-state index contributed by atoms with van der Waals surface area (Å²) in [4.78, 5) is 24.2. The highest BCUT2D eigenvalue weighted by Crippen LogP contribution is 2.29. The molecule has 1 N–H and O–H groups in total. The van der Waals surface area contributed by atoms with Crippen LogP contribution in [0.4, 0.5) is 4.79 Å². The third-order valence-corrected chi connectivity index (χ3v) is 5.29. The number of unbranched alkanes of at least 4 members (excludes halogenated alkanes) is 1. The van der Waals surface area contributed by atoms with E-state index in [-0.39, 0.29) is 5.97 Å². The van der Waals surface area contributed by atoms with Crippen LogP contribution in [-0.2, 0) is 28.9 Å². The molecule has 0 aliphatic carbocycles. The highest BCUT2D eigenvalue weighted by molar-refractivity contribution is 6.30. The number of carbonyl (C=O) groups excluding carboxylic acids is 1. The molecule has 0 bridgehead atoms. The van der Waals surface area contributed by atoms with E-state index in [0.717, 1.165) is 35.4 Å². The topological polar surface area (TPSA) is 84.7 Å². The van der Waals surface area contributed by atoms with Gasteiger partial charge in [0, 0.05) is 54.3 Å². The first-order chi connectivity index (χ1) is 13.5. The Bertz CT molecular complexity index is 848. The van der Waals surface area contributed by atoms with Gasteiger partial charge in [-0.25, -0.2) is 4.79 Å². The molecule has 0 saturated carbocycles. The number of aryl methyl sites for hydroxylation is 1. The van der Waals surface area contributed by atoms with Gasteiger partial charge in [-0.2, -0.15) is 5.10 Å². The number of aromatic nitrogens is 2. The number of ether oxygens (including phenoxy) is 1. The summed E-state index contributed by atoms with van der Waals surface area (Å²) in [7, 11) is 1.39. The molecule has 1 amide bonds. The van der Waals surface area contributed by atoms with Crippen molar-refractivity contribution in [2.45, 2.75) is 38.6 Å². The van der Waals surface area contributed by atoms with Gasteiger partial charge in [-0.05, 0) is 31.4 Å². The van der Waals surface area contributed by atoms with Crippen molar-refractivity contribution in [3.63, 3.8) is 0 Å². The van der Waals surface area contributed by atoms with Gasteiger partial charge >= 0.3 is 12.1 Å². The largest absolute Gasteiger partial charge is 0.469 e. The number of hydrogen-bond donors (Lipinski definition) is 1. The zero-order chi connectivity index (χ0) is 20.1. The SMILES string of the molecule is COC(=O)CCCCn1nc(-c2ccc(Cl)cc2)c2c1CCN(C(=O)O)CC2. The van der Waals surface area contributed by atoms with Gasteiger partial charge in [0.1, 0.15) is 0 Å². The van der Waals surface area contributed by atoms with E-state index in [9.17, 15) is 14.7 Å². The monoisotopic (exact) mass is 405 g/mol. The molecule has 8 heteroatoms. The summed E-state index contributed by atoms with van der Waals surface area (Å²) in [5.41, 5.74) is 4.02. The lowest BCUT2D eigenvalue weighted by Crippen LogP contribution is -2.32. The molecule has 2 aromatic rings. The van der Waals surface area contributed by atoms with E-state index in [0.29, 0.717) is 43.9 Å². The molecule has 2 heterocycles. The second-order valence-electron chi connectivity index (χ2n) is 6.81. The lowest BCUT2D eigenvalue weighted by molar-refractivity contribution is -0.140. The Labute approximate surface area is 168 Å². The van der Waals surface area contributed by atoms with Gasteiger partial charge in [-0.3, -0.25) is 9.48 Å². The molecule has 0 saturated heterocycles. The van der Waals surface area contributed by atoms with Crippen LogP contribution in [0.3, 0.4) is 0 Å². The van der Waals surface area contributed by atoms with E-state index < -0.39 is 6.09 Å². The smallest absolute Gasteiger partial charge is 0.407 e. The standard InChI is InChI=1S/C20H24ClN3O4/c1-28-18(25)4-2-3-11-24-17-10-13-23(20(26)27)12-9-16(17)19(22-24)14-5-7-15(21)8-6-14/h5-8H,2-4,9-13H2,1H3,(H,26,27). The molecule has 0 atom stereocenters. The third-order valence-electron chi connectivity index (χ3n) is 5.03. The second-order valence-corrected chi connectivity index (χ2v) is 7.24. The van der Waals surface area contributed by atoms with Crippen molar-refractivity contribution < 1.29 is 19.4 Å². The van der Waals surface area contributed by atoms with Crippen molar-refractivity contribution in [1.82, 2.24) is 14.7 Å². The van der Waals surface area contributed by atoms with Crippen molar-refractivity contribution in [1.29, 1.82) is 0 Å². The number of carbonyl (C=O) groups is 2. The van der Waals surface area contributed by atoms with E-state index >= 15 is 0 Å². The minimum absolute atomic E-state index is 0.210. The fourth-order valence-corrected chi connectivity index (χ4v) is 3.65. The van der Waals surface area contributed by atoms with E-state index in [1.165, 1.54) is 12.0 Å². The first-order valence-electron chi connectivity index (χ1n) is 9.38. The zero-order valence-corrected chi connectivity index (χ0v) is 16.6. The van der Waals surface area contributed by atoms with Crippen LogP contribution in [0.25, 0.3) is 11.3 Å². The Morgan fingerprint density at radius 1 is 1.18 bits per heavy atom. The molecule has 0 radical (unpaired) electrons. The van der Waals surface area contributed by atoms with Gasteiger partial charge in [0.15, 0.2) is 0 Å². The van der Waals surface area contributed by atoms with Crippen LogP contribution in [0.2, 0.25) is 5.02 Å². The molecule has 150 valence electrons. The van der Waals surface area contributed by atoms with Crippen LogP contribution in [0.1, 0.15) is 30.5 Å². The van der Waals surface area contributed by atoms with Gasteiger partial charge in [-0.15, -0.1) is 0 Å². The summed E-state index contributed by atoms with van der Waals surface area (Å²) >= 11 is 6.01.